The van der Waals surface area contributed by atoms with Crippen LogP contribution in [0.2, 0.25) is 0 Å². The van der Waals surface area contributed by atoms with Gasteiger partial charge in [-0.2, -0.15) is 0 Å². The van der Waals surface area contributed by atoms with Gasteiger partial charge in [0.25, 0.3) is 5.91 Å². The number of H-pyrrole nitrogens is 1. The summed E-state index contributed by atoms with van der Waals surface area (Å²) in [5.41, 5.74) is 1.97. The highest BCUT2D eigenvalue weighted by Gasteiger charge is 2.28. The molecule has 0 fully saturated rings. The van der Waals surface area contributed by atoms with E-state index in [-0.39, 0.29) is 21.8 Å². The van der Waals surface area contributed by atoms with Crippen molar-refractivity contribution in [3.05, 3.63) is 69.5 Å². The summed E-state index contributed by atoms with van der Waals surface area (Å²) in [5, 5.41) is 3.33. The van der Waals surface area contributed by atoms with Crippen molar-refractivity contribution in [1.29, 1.82) is 0 Å². The quantitative estimate of drug-likeness (QED) is 0.350. The predicted molar refractivity (Wildman–Crippen MR) is 139 cm³/mol. The highest BCUT2D eigenvalue weighted by molar-refractivity contribution is 6.06. The van der Waals surface area contributed by atoms with Crippen LogP contribution in [0.1, 0.15) is 83.8 Å². The standard InChI is InChI=1S/C26H30N2O4.C2H6/c1-15(29)32-22-13-21(18(25(2,3)4)12-19(22)26(5,6)7)28-24(31)17-14-27-20-11-9-8-10-16(20)23(17)30;1-2/h8-14H,1-7H3,(H,27,30)(H,28,31);1-2H3. The molecular weight excluding hydrogens is 428 g/mol. The summed E-state index contributed by atoms with van der Waals surface area (Å²) in [7, 11) is 0. The Morgan fingerprint density at radius 1 is 0.912 bits per heavy atom. The van der Waals surface area contributed by atoms with Gasteiger partial charge in [-0.25, -0.2) is 0 Å². The molecule has 6 heteroatoms. The van der Waals surface area contributed by atoms with Crippen molar-refractivity contribution in [3.63, 3.8) is 0 Å². The second-order valence-electron chi connectivity index (χ2n) is 10.0. The highest BCUT2D eigenvalue weighted by Crippen LogP contribution is 2.40. The highest BCUT2D eigenvalue weighted by atomic mass is 16.5. The van der Waals surface area contributed by atoms with E-state index in [0.29, 0.717) is 22.3 Å². The van der Waals surface area contributed by atoms with Gasteiger partial charge in [0.05, 0.1) is 0 Å². The first-order chi connectivity index (χ1) is 15.8. The second kappa shape index (κ2) is 10.2. The van der Waals surface area contributed by atoms with Crippen molar-refractivity contribution in [2.45, 2.75) is 73.1 Å². The largest absolute Gasteiger partial charge is 0.426 e. The van der Waals surface area contributed by atoms with E-state index in [4.69, 9.17) is 4.74 Å². The maximum absolute atomic E-state index is 13.1. The lowest BCUT2D eigenvalue weighted by Gasteiger charge is -2.29. The molecular formula is C28H36N2O4. The number of nitrogens with one attached hydrogen (secondary N) is 2. The summed E-state index contributed by atoms with van der Waals surface area (Å²) in [5.74, 6) is -0.581. The second-order valence-corrected chi connectivity index (χ2v) is 10.0. The third-order valence-corrected chi connectivity index (χ3v) is 5.27. The van der Waals surface area contributed by atoms with E-state index in [1.54, 1.807) is 24.3 Å². The molecule has 2 aromatic carbocycles. The number of carbonyl (C=O) groups excluding carboxylic acids is 2. The molecule has 0 saturated carbocycles. The van der Waals surface area contributed by atoms with E-state index < -0.39 is 11.9 Å². The fourth-order valence-corrected chi connectivity index (χ4v) is 3.65. The Hall–Kier alpha value is -3.41. The van der Waals surface area contributed by atoms with Gasteiger partial charge in [-0.1, -0.05) is 67.5 Å². The molecule has 0 aliphatic rings. The van der Waals surface area contributed by atoms with Crippen LogP contribution in [-0.4, -0.2) is 16.9 Å². The molecule has 6 nitrogen and oxygen atoms in total. The normalized spacial score (nSPS) is 11.4. The summed E-state index contributed by atoms with van der Waals surface area (Å²) in [6.45, 7) is 17.6. The summed E-state index contributed by atoms with van der Waals surface area (Å²) in [6.07, 6.45) is 1.42. The number of hydrogen-bond acceptors (Lipinski definition) is 4. The van der Waals surface area contributed by atoms with Crippen LogP contribution < -0.4 is 15.5 Å². The molecule has 3 rings (SSSR count). The number of fused-ring (bicyclic) bond motifs is 1. The number of aromatic nitrogens is 1. The Morgan fingerprint density at radius 2 is 1.50 bits per heavy atom. The third kappa shape index (κ3) is 5.93. The van der Waals surface area contributed by atoms with Crippen LogP contribution in [0.15, 0.2) is 47.4 Å². The maximum Gasteiger partial charge on any atom is 0.308 e. The van der Waals surface area contributed by atoms with Crippen molar-refractivity contribution >= 4 is 28.5 Å². The molecule has 1 aromatic heterocycles. The number of hydrogen-bond donors (Lipinski definition) is 2. The van der Waals surface area contributed by atoms with E-state index in [1.165, 1.54) is 13.1 Å². The first-order valence-electron chi connectivity index (χ1n) is 11.6. The van der Waals surface area contributed by atoms with E-state index in [0.717, 1.165) is 11.1 Å². The van der Waals surface area contributed by atoms with Crippen LogP contribution in [0.25, 0.3) is 10.9 Å². The Morgan fingerprint density at radius 3 is 2.06 bits per heavy atom. The number of rotatable bonds is 3. The van der Waals surface area contributed by atoms with Crippen molar-refractivity contribution in [2.75, 3.05) is 5.32 Å². The first-order valence-corrected chi connectivity index (χ1v) is 11.6. The number of amides is 1. The Labute approximate surface area is 201 Å². The monoisotopic (exact) mass is 464 g/mol. The number of pyridine rings is 1. The van der Waals surface area contributed by atoms with E-state index in [9.17, 15) is 14.4 Å². The lowest BCUT2D eigenvalue weighted by atomic mass is 9.79. The molecule has 0 aliphatic carbocycles. The lowest BCUT2D eigenvalue weighted by Crippen LogP contribution is -2.25. The van der Waals surface area contributed by atoms with Crippen LogP contribution in [0, 0.1) is 0 Å². The molecule has 0 aliphatic heterocycles. The molecule has 1 heterocycles. The SMILES string of the molecule is CC.CC(=O)Oc1cc(NC(=O)c2c[nH]c3ccccc3c2=O)c(C(C)(C)C)cc1C(C)(C)C. The number of anilines is 1. The molecule has 182 valence electrons. The summed E-state index contributed by atoms with van der Waals surface area (Å²) >= 11 is 0. The van der Waals surface area contributed by atoms with Crippen LogP contribution >= 0.6 is 0 Å². The van der Waals surface area contributed by atoms with Gasteiger partial charge in [-0.15, -0.1) is 0 Å². The van der Waals surface area contributed by atoms with Crippen molar-refractivity contribution in [3.8, 4) is 5.75 Å². The van der Waals surface area contributed by atoms with Crippen molar-refractivity contribution in [1.82, 2.24) is 4.98 Å². The molecule has 1 amide bonds. The summed E-state index contributed by atoms with van der Waals surface area (Å²) in [6, 6.07) is 10.7. The van der Waals surface area contributed by atoms with Crippen molar-refractivity contribution in [2.24, 2.45) is 0 Å². The van der Waals surface area contributed by atoms with Crippen LogP contribution in [0.4, 0.5) is 5.69 Å². The molecule has 3 aromatic rings. The summed E-state index contributed by atoms with van der Waals surface area (Å²) in [4.78, 5) is 40.8. The molecule has 0 spiro atoms. The number of ether oxygens (including phenoxy) is 1. The topological polar surface area (TPSA) is 88.3 Å². The van der Waals surface area contributed by atoms with Crippen LogP contribution in [0.5, 0.6) is 5.75 Å². The predicted octanol–water partition coefficient (Wildman–Crippen LogP) is 6.33. The van der Waals surface area contributed by atoms with Crippen LogP contribution in [0.3, 0.4) is 0 Å². The fraction of sp³-hybridized carbons (Fsp3) is 0.393. The number of aromatic amines is 1. The van der Waals surface area contributed by atoms with Gasteiger partial charge in [0.1, 0.15) is 11.3 Å². The zero-order chi connectivity index (χ0) is 25.8. The number of esters is 1. The van der Waals surface area contributed by atoms with Gasteiger partial charge in [-0.3, -0.25) is 14.4 Å². The molecule has 0 bridgehead atoms. The van der Waals surface area contributed by atoms with Crippen LogP contribution in [-0.2, 0) is 15.6 Å². The Bertz CT molecular complexity index is 1260. The average Bonchev–Trinajstić information content (AvgIpc) is 2.73. The molecule has 0 unspecified atom stereocenters. The summed E-state index contributed by atoms with van der Waals surface area (Å²) < 4.78 is 5.49. The minimum Gasteiger partial charge on any atom is -0.426 e. The number of para-hydroxylation sites is 1. The average molecular weight is 465 g/mol. The molecule has 0 saturated heterocycles. The Balaban J connectivity index is 0.00000199. The Kier molecular flexibility index (Phi) is 8.09. The fourth-order valence-electron chi connectivity index (χ4n) is 3.65. The zero-order valence-corrected chi connectivity index (χ0v) is 21.7. The lowest BCUT2D eigenvalue weighted by molar-refractivity contribution is -0.131. The van der Waals surface area contributed by atoms with Gasteiger partial charge >= 0.3 is 5.97 Å². The van der Waals surface area contributed by atoms with E-state index in [1.807, 2.05) is 67.5 Å². The number of carbonyl (C=O) groups is 2. The zero-order valence-electron chi connectivity index (χ0n) is 21.7. The van der Waals surface area contributed by atoms with Gasteiger partial charge < -0.3 is 15.0 Å². The van der Waals surface area contributed by atoms with Gasteiger partial charge in [0.15, 0.2) is 0 Å². The first kappa shape index (κ1) is 26.8. The third-order valence-electron chi connectivity index (χ3n) is 5.27. The number of benzene rings is 2. The molecule has 34 heavy (non-hydrogen) atoms. The maximum atomic E-state index is 13.1. The molecule has 2 N–H and O–H groups in total. The molecule has 0 radical (unpaired) electrons. The van der Waals surface area contributed by atoms with Crippen molar-refractivity contribution < 1.29 is 14.3 Å². The van der Waals surface area contributed by atoms with E-state index in [2.05, 4.69) is 10.3 Å². The molecule has 0 atom stereocenters. The van der Waals surface area contributed by atoms with E-state index >= 15 is 0 Å². The van der Waals surface area contributed by atoms with Gasteiger partial charge in [-0.05, 0) is 34.6 Å². The smallest absolute Gasteiger partial charge is 0.308 e. The minimum absolute atomic E-state index is 0.0116. The van der Waals surface area contributed by atoms with Gasteiger partial charge in [0, 0.05) is 41.3 Å². The minimum atomic E-state index is -0.528. The van der Waals surface area contributed by atoms with Gasteiger partial charge in [0.2, 0.25) is 5.43 Å².